The minimum atomic E-state index is -4.61. The zero-order valence-corrected chi connectivity index (χ0v) is 20.7. The maximum absolute atomic E-state index is 14.7. The molecule has 14 heteroatoms. The van der Waals surface area contributed by atoms with Gasteiger partial charge in [-0.05, 0) is 44.5 Å². The topological polar surface area (TPSA) is 108 Å². The van der Waals surface area contributed by atoms with Crippen molar-refractivity contribution in [2.45, 2.75) is 48.1 Å². The Balaban J connectivity index is 1.50. The monoisotopic (exact) mass is 542 g/mol. The Morgan fingerprint density at radius 1 is 1.35 bits per heavy atom. The van der Waals surface area contributed by atoms with E-state index in [1.807, 2.05) is 11.9 Å². The second kappa shape index (κ2) is 10.1. The minimum Gasteiger partial charge on any atom is -0.394 e. The number of carbonyl (C=O) groups is 1. The Morgan fingerprint density at radius 2 is 2.14 bits per heavy atom. The molecule has 1 saturated heterocycles. The van der Waals surface area contributed by atoms with Crippen LogP contribution in [0.25, 0.3) is 16.9 Å². The van der Waals surface area contributed by atoms with E-state index in [-0.39, 0.29) is 52.4 Å². The van der Waals surface area contributed by atoms with Crippen LogP contribution in [0.5, 0.6) is 0 Å². The molecule has 1 aliphatic heterocycles. The van der Waals surface area contributed by atoms with Gasteiger partial charge in [-0.15, -0.1) is 0 Å². The first-order valence-electron chi connectivity index (χ1n) is 11.9. The van der Waals surface area contributed by atoms with E-state index in [1.54, 1.807) is 12.1 Å². The largest absolute Gasteiger partial charge is 0.447 e. The average molecular weight is 543 g/mol. The zero-order valence-electron chi connectivity index (χ0n) is 19.8. The molecule has 200 valence electrons. The van der Waals surface area contributed by atoms with E-state index < -0.39 is 30.4 Å². The van der Waals surface area contributed by atoms with Crippen LogP contribution >= 0.6 is 11.8 Å². The number of carbonyl (C=O) groups excluding carboxylic acids is 1. The van der Waals surface area contributed by atoms with Gasteiger partial charge in [-0.1, -0.05) is 5.16 Å². The number of anilines is 1. The Labute approximate surface area is 213 Å². The first-order chi connectivity index (χ1) is 17.6. The van der Waals surface area contributed by atoms with Crippen LogP contribution in [0.15, 0.2) is 33.9 Å². The Bertz CT molecular complexity index is 1280. The SMILES string of the molecule is CN1CC[C@@H](Nc2cccn3c(SC(F)(F)F)c(-c4noc([C@H](CO)NC(=O)C5CC5)n4)cc23)[C@@H](F)C1. The van der Waals surface area contributed by atoms with Crippen molar-refractivity contribution in [2.24, 2.45) is 5.92 Å². The van der Waals surface area contributed by atoms with E-state index in [4.69, 9.17) is 4.52 Å². The van der Waals surface area contributed by atoms with Crippen LogP contribution in [-0.4, -0.2) is 74.9 Å². The van der Waals surface area contributed by atoms with Gasteiger partial charge >= 0.3 is 5.51 Å². The fourth-order valence-corrected chi connectivity index (χ4v) is 5.13. The van der Waals surface area contributed by atoms with Crippen LogP contribution < -0.4 is 10.6 Å². The van der Waals surface area contributed by atoms with E-state index >= 15 is 0 Å². The number of rotatable bonds is 8. The molecule has 1 saturated carbocycles. The maximum atomic E-state index is 14.7. The maximum Gasteiger partial charge on any atom is 0.447 e. The molecule has 5 rings (SSSR count). The summed E-state index contributed by atoms with van der Waals surface area (Å²) in [6, 6.07) is 3.29. The van der Waals surface area contributed by atoms with E-state index in [2.05, 4.69) is 20.8 Å². The lowest BCUT2D eigenvalue weighted by Crippen LogP contribution is -2.46. The average Bonchev–Trinajstić information content (AvgIpc) is 3.48. The predicted molar refractivity (Wildman–Crippen MR) is 128 cm³/mol. The minimum absolute atomic E-state index is 0.0527. The molecule has 0 radical (unpaired) electrons. The number of aromatic nitrogens is 3. The number of hydrogen-bond donors (Lipinski definition) is 3. The smallest absolute Gasteiger partial charge is 0.394 e. The van der Waals surface area contributed by atoms with Crippen LogP contribution in [0.2, 0.25) is 0 Å². The second-order valence-corrected chi connectivity index (χ2v) is 10.4. The van der Waals surface area contributed by atoms with Crippen molar-refractivity contribution >= 4 is 28.9 Å². The highest BCUT2D eigenvalue weighted by molar-refractivity contribution is 8.00. The van der Waals surface area contributed by atoms with E-state index in [0.29, 0.717) is 24.2 Å². The van der Waals surface area contributed by atoms with Crippen molar-refractivity contribution < 1.29 is 32.0 Å². The molecule has 1 amide bonds. The number of thioether (sulfide) groups is 1. The third-order valence-corrected chi connectivity index (χ3v) is 7.33. The molecule has 9 nitrogen and oxygen atoms in total. The molecular formula is C23H26F4N6O3S. The molecule has 0 bridgehead atoms. The van der Waals surface area contributed by atoms with Gasteiger partial charge in [0.15, 0.2) is 0 Å². The summed E-state index contributed by atoms with van der Waals surface area (Å²) in [6.45, 7) is 0.436. The molecule has 3 aromatic rings. The molecule has 4 heterocycles. The van der Waals surface area contributed by atoms with E-state index in [9.17, 15) is 27.5 Å². The number of aliphatic hydroxyl groups excluding tert-OH is 1. The lowest BCUT2D eigenvalue weighted by molar-refractivity contribution is -0.123. The Morgan fingerprint density at radius 3 is 2.81 bits per heavy atom. The lowest BCUT2D eigenvalue weighted by atomic mass is 10.0. The molecule has 3 atom stereocenters. The van der Waals surface area contributed by atoms with Gasteiger partial charge in [-0.2, -0.15) is 18.2 Å². The number of fused-ring (bicyclic) bond motifs is 1. The van der Waals surface area contributed by atoms with Crippen molar-refractivity contribution in [3.63, 3.8) is 0 Å². The van der Waals surface area contributed by atoms with Gasteiger partial charge < -0.3 is 29.6 Å². The van der Waals surface area contributed by atoms with Crippen LogP contribution in [0.3, 0.4) is 0 Å². The molecule has 3 aromatic heterocycles. The molecular weight excluding hydrogens is 516 g/mol. The zero-order chi connectivity index (χ0) is 26.3. The predicted octanol–water partition coefficient (Wildman–Crippen LogP) is 3.61. The first kappa shape index (κ1) is 25.8. The number of halogens is 4. The lowest BCUT2D eigenvalue weighted by Gasteiger charge is -2.33. The summed E-state index contributed by atoms with van der Waals surface area (Å²) >= 11 is -0.326. The summed E-state index contributed by atoms with van der Waals surface area (Å²) in [5.41, 5.74) is -3.69. The van der Waals surface area contributed by atoms with Gasteiger partial charge in [0, 0.05) is 37.0 Å². The molecule has 0 spiro atoms. The first-order valence-corrected chi connectivity index (χ1v) is 12.7. The second-order valence-electron chi connectivity index (χ2n) is 9.38. The van der Waals surface area contributed by atoms with Gasteiger partial charge in [0.25, 0.3) is 5.89 Å². The number of hydrogen-bond acceptors (Lipinski definition) is 8. The van der Waals surface area contributed by atoms with E-state index in [0.717, 1.165) is 12.8 Å². The number of aliphatic hydroxyl groups is 1. The fraction of sp³-hybridized carbons (Fsp3) is 0.522. The highest BCUT2D eigenvalue weighted by Crippen LogP contribution is 2.44. The highest BCUT2D eigenvalue weighted by Gasteiger charge is 2.36. The molecule has 1 aliphatic carbocycles. The molecule has 37 heavy (non-hydrogen) atoms. The molecule has 0 unspecified atom stereocenters. The fourth-order valence-electron chi connectivity index (χ4n) is 4.40. The third kappa shape index (κ3) is 5.70. The number of amides is 1. The Hall–Kier alpha value is -2.84. The van der Waals surface area contributed by atoms with Crippen LogP contribution in [0, 0.1) is 5.92 Å². The summed E-state index contributed by atoms with van der Waals surface area (Å²) in [7, 11) is 1.83. The van der Waals surface area contributed by atoms with Crippen molar-refractivity contribution in [2.75, 3.05) is 32.1 Å². The van der Waals surface area contributed by atoms with Gasteiger partial charge in [-0.25, -0.2) is 4.39 Å². The summed E-state index contributed by atoms with van der Waals surface area (Å²) in [5, 5.41) is 19.2. The summed E-state index contributed by atoms with van der Waals surface area (Å²) in [6.07, 6.45) is 2.39. The van der Waals surface area contributed by atoms with Crippen LogP contribution in [-0.2, 0) is 4.79 Å². The molecule has 2 fully saturated rings. The number of nitrogens with one attached hydrogen (secondary N) is 2. The standard InChI is InChI=1S/C23H26F4N6O3S/c1-32-8-6-15(14(24)10-32)28-16-3-2-7-33-18(16)9-13(22(33)37-23(25,26)27)19-30-21(36-31-19)17(11-34)29-20(35)12-4-5-12/h2-3,7,9,12,14-15,17,28,34H,4-6,8,10-11H2,1H3,(H,29,35)/t14-,15+,17-/m0/s1. The quantitative estimate of drug-likeness (QED) is 0.293. The van der Waals surface area contributed by atoms with Gasteiger partial charge in [0.1, 0.15) is 12.2 Å². The summed E-state index contributed by atoms with van der Waals surface area (Å²) < 4.78 is 61.9. The Kier molecular flexibility index (Phi) is 7.07. The van der Waals surface area contributed by atoms with Gasteiger partial charge in [0.2, 0.25) is 11.7 Å². The normalized spacial score (nSPS) is 21.8. The van der Waals surface area contributed by atoms with Gasteiger partial charge in [0.05, 0.1) is 34.4 Å². The number of piperidine rings is 1. The van der Waals surface area contributed by atoms with Crippen molar-refractivity contribution in [3.8, 4) is 11.4 Å². The van der Waals surface area contributed by atoms with E-state index in [1.165, 1.54) is 16.7 Å². The number of pyridine rings is 1. The van der Waals surface area contributed by atoms with Crippen molar-refractivity contribution in [1.29, 1.82) is 0 Å². The van der Waals surface area contributed by atoms with Gasteiger partial charge in [-0.3, -0.25) is 4.79 Å². The van der Waals surface area contributed by atoms with Crippen molar-refractivity contribution in [3.05, 3.63) is 30.3 Å². The summed E-state index contributed by atoms with van der Waals surface area (Å²) in [5.74, 6) is -0.618. The molecule has 0 aromatic carbocycles. The van der Waals surface area contributed by atoms with Crippen molar-refractivity contribution in [1.82, 2.24) is 24.8 Å². The molecule has 3 N–H and O–H groups in total. The third-order valence-electron chi connectivity index (χ3n) is 6.49. The molecule has 2 aliphatic rings. The van der Waals surface area contributed by atoms with Crippen LogP contribution in [0.1, 0.15) is 31.2 Å². The number of likely N-dealkylation sites (tertiary alicyclic amines) is 1. The number of nitrogens with zero attached hydrogens (tertiary/aromatic N) is 4. The summed E-state index contributed by atoms with van der Waals surface area (Å²) in [4.78, 5) is 18.2. The highest BCUT2D eigenvalue weighted by atomic mass is 32.2. The number of alkyl halides is 4. The van der Waals surface area contributed by atoms with Crippen LogP contribution in [0.4, 0.5) is 23.2 Å².